The molecule has 10 heteroatoms. The fraction of sp³-hybridized carbons (Fsp3) is 0.562. The maximum Gasteiger partial charge on any atom is 0.281 e. The number of methoxy groups -OCH3 is 1. The Balaban J connectivity index is 2.15. The highest BCUT2D eigenvalue weighted by Crippen LogP contribution is 2.37. The van der Waals surface area contributed by atoms with Gasteiger partial charge in [0.1, 0.15) is 0 Å². The maximum atomic E-state index is 12.8. The normalized spacial score (nSPS) is 16.0. The van der Waals surface area contributed by atoms with E-state index in [1.165, 1.54) is 29.8 Å². The van der Waals surface area contributed by atoms with E-state index >= 15 is 0 Å². The highest BCUT2D eigenvalue weighted by atomic mass is 79.9. The molecule has 26 heavy (non-hydrogen) atoms. The second kappa shape index (κ2) is 8.55. The lowest BCUT2D eigenvalue weighted by Gasteiger charge is -2.35. The molecule has 0 atom stereocenters. The number of carbonyl (C=O) groups excluding carboxylic acids is 1. The summed E-state index contributed by atoms with van der Waals surface area (Å²) in [5.74, 6) is 0.848. The third-order valence-electron chi connectivity index (χ3n) is 4.08. The molecular weight excluding hydrogens is 426 g/mol. The van der Waals surface area contributed by atoms with E-state index in [2.05, 4.69) is 15.9 Å². The van der Waals surface area contributed by atoms with Crippen LogP contribution >= 0.6 is 15.9 Å². The number of hydrogen-bond acceptors (Lipinski definition) is 5. The van der Waals surface area contributed by atoms with Crippen LogP contribution in [-0.2, 0) is 10.2 Å². The molecule has 146 valence electrons. The van der Waals surface area contributed by atoms with Crippen LogP contribution in [0.1, 0.15) is 17.3 Å². The van der Waals surface area contributed by atoms with E-state index in [-0.39, 0.29) is 19.0 Å². The van der Waals surface area contributed by atoms with Crippen molar-refractivity contribution in [2.75, 3.05) is 54.0 Å². The summed E-state index contributed by atoms with van der Waals surface area (Å²) < 4.78 is 38.4. The molecule has 1 aromatic rings. The van der Waals surface area contributed by atoms with Crippen LogP contribution < -0.4 is 9.47 Å². The minimum atomic E-state index is -3.46. The average molecular weight is 450 g/mol. The third kappa shape index (κ3) is 4.30. The first-order chi connectivity index (χ1) is 12.2. The number of amides is 1. The molecule has 0 N–H and O–H groups in total. The second-order valence-electron chi connectivity index (χ2n) is 5.90. The van der Waals surface area contributed by atoms with Crippen LogP contribution in [0.2, 0.25) is 0 Å². The van der Waals surface area contributed by atoms with Gasteiger partial charge in [-0.1, -0.05) is 0 Å². The molecule has 0 aromatic heterocycles. The van der Waals surface area contributed by atoms with Crippen molar-refractivity contribution in [2.24, 2.45) is 0 Å². The number of nitrogens with zero attached hydrogens (tertiary/aromatic N) is 3. The van der Waals surface area contributed by atoms with E-state index < -0.39 is 10.2 Å². The van der Waals surface area contributed by atoms with Gasteiger partial charge in [-0.05, 0) is 35.0 Å². The summed E-state index contributed by atoms with van der Waals surface area (Å²) >= 11 is 3.41. The lowest BCUT2D eigenvalue weighted by atomic mass is 10.1. The van der Waals surface area contributed by atoms with Crippen molar-refractivity contribution in [2.45, 2.75) is 6.92 Å². The number of hydrogen-bond donors (Lipinski definition) is 0. The summed E-state index contributed by atoms with van der Waals surface area (Å²) in [6.07, 6.45) is 0. The third-order valence-corrected chi connectivity index (χ3v) is 6.61. The van der Waals surface area contributed by atoms with Crippen molar-refractivity contribution >= 4 is 32.0 Å². The van der Waals surface area contributed by atoms with Gasteiger partial charge in [0, 0.05) is 45.8 Å². The minimum absolute atomic E-state index is 0.172. The largest absolute Gasteiger partial charge is 0.493 e. The van der Waals surface area contributed by atoms with Crippen LogP contribution in [0.3, 0.4) is 0 Å². The number of ether oxygens (including phenoxy) is 2. The number of carbonyl (C=O) groups is 1. The molecule has 0 radical (unpaired) electrons. The van der Waals surface area contributed by atoms with Crippen molar-refractivity contribution in [3.63, 3.8) is 0 Å². The maximum absolute atomic E-state index is 12.8. The zero-order valence-electron chi connectivity index (χ0n) is 15.4. The Hall–Kier alpha value is -1.36. The molecule has 8 nitrogen and oxygen atoms in total. The summed E-state index contributed by atoms with van der Waals surface area (Å²) in [6.45, 7) is 3.54. The topological polar surface area (TPSA) is 79.4 Å². The molecule has 2 rings (SSSR count). The second-order valence-corrected chi connectivity index (χ2v) is 8.90. The Morgan fingerprint density at radius 1 is 1.23 bits per heavy atom. The van der Waals surface area contributed by atoms with Gasteiger partial charge in [-0.25, -0.2) is 0 Å². The van der Waals surface area contributed by atoms with Crippen molar-refractivity contribution in [3.8, 4) is 11.5 Å². The Labute approximate surface area is 163 Å². The van der Waals surface area contributed by atoms with Crippen LogP contribution in [-0.4, -0.2) is 81.8 Å². The lowest BCUT2D eigenvalue weighted by Crippen LogP contribution is -2.53. The van der Waals surface area contributed by atoms with Crippen LogP contribution in [0.4, 0.5) is 0 Å². The Kier molecular flexibility index (Phi) is 6.89. The van der Waals surface area contributed by atoms with E-state index in [0.29, 0.717) is 41.2 Å². The van der Waals surface area contributed by atoms with Gasteiger partial charge in [-0.2, -0.15) is 17.0 Å². The molecule has 0 aliphatic carbocycles. The molecule has 0 unspecified atom stereocenters. The van der Waals surface area contributed by atoms with Crippen molar-refractivity contribution in [1.82, 2.24) is 13.5 Å². The van der Waals surface area contributed by atoms with Gasteiger partial charge in [-0.3, -0.25) is 4.79 Å². The molecule has 1 heterocycles. The summed E-state index contributed by atoms with van der Waals surface area (Å²) in [6, 6.07) is 3.33. The van der Waals surface area contributed by atoms with E-state index in [1.807, 2.05) is 6.92 Å². The number of rotatable bonds is 6. The van der Waals surface area contributed by atoms with Crippen LogP contribution in [0, 0.1) is 0 Å². The van der Waals surface area contributed by atoms with Gasteiger partial charge in [0.25, 0.3) is 16.1 Å². The zero-order valence-corrected chi connectivity index (χ0v) is 17.8. The van der Waals surface area contributed by atoms with E-state index in [9.17, 15) is 13.2 Å². The lowest BCUT2D eigenvalue weighted by molar-refractivity contribution is 0.0694. The molecule has 1 fully saturated rings. The molecule has 0 spiro atoms. The van der Waals surface area contributed by atoms with E-state index in [1.54, 1.807) is 17.0 Å². The molecule has 1 aliphatic rings. The Bertz CT molecular complexity index is 761. The molecule has 0 bridgehead atoms. The Morgan fingerprint density at radius 3 is 2.35 bits per heavy atom. The summed E-state index contributed by atoms with van der Waals surface area (Å²) in [5.41, 5.74) is 0.459. The van der Waals surface area contributed by atoms with Gasteiger partial charge in [-0.15, -0.1) is 0 Å². The van der Waals surface area contributed by atoms with E-state index in [4.69, 9.17) is 9.47 Å². The van der Waals surface area contributed by atoms with E-state index in [0.717, 1.165) is 0 Å². The van der Waals surface area contributed by atoms with Crippen LogP contribution in [0.5, 0.6) is 11.5 Å². The fourth-order valence-corrected chi connectivity index (χ4v) is 4.31. The van der Waals surface area contributed by atoms with Crippen molar-refractivity contribution in [1.29, 1.82) is 0 Å². The summed E-state index contributed by atoms with van der Waals surface area (Å²) in [4.78, 5) is 14.5. The monoisotopic (exact) mass is 449 g/mol. The SMILES string of the molecule is CCOc1c(Br)cc(C(=O)N2CCN(S(=O)(=O)N(C)C)CC2)cc1OC. The van der Waals surface area contributed by atoms with Crippen molar-refractivity contribution < 1.29 is 22.7 Å². The molecule has 1 saturated heterocycles. The first kappa shape index (κ1) is 20.9. The van der Waals surface area contributed by atoms with Crippen LogP contribution in [0.15, 0.2) is 16.6 Å². The molecule has 1 aliphatic heterocycles. The van der Waals surface area contributed by atoms with Gasteiger partial charge in [0.15, 0.2) is 11.5 Å². The fourth-order valence-electron chi connectivity index (χ4n) is 2.66. The minimum Gasteiger partial charge on any atom is -0.493 e. The molecule has 1 aromatic carbocycles. The Morgan fingerprint density at radius 2 is 1.85 bits per heavy atom. The highest BCUT2D eigenvalue weighted by Gasteiger charge is 2.31. The molecular formula is C16H24BrN3O5S. The van der Waals surface area contributed by atoms with Gasteiger partial charge >= 0.3 is 0 Å². The molecule has 0 saturated carbocycles. The highest BCUT2D eigenvalue weighted by molar-refractivity contribution is 9.10. The van der Waals surface area contributed by atoms with Gasteiger partial charge in [0.2, 0.25) is 0 Å². The number of halogens is 1. The average Bonchev–Trinajstić information content (AvgIpc) is 2.62. The smallest absolute Gasteiger partial charge is 0.281 e. The van der Waals surface area contributed by atoms with Crippen molar-refractivity contribution in [3.05, 3.63) is 22.2 Å². The number of benzene rings is 1. The van der Waals surface area contributed by atoms with Gasteiger partial charge in [0.05, 0.1) is 18.2 Å². The first-order valence-corrected chi connectivity index (χ1v) is 10.4. The first-order valence-electron chi connectivity index (χ1n) is 8.19. The zero-order chi connectivity index (χ0) is 19.5. The predicted molar refractivity (Wildman–Crippen MR) is 102 cm³/mol. The molecule has 1 amide bonds. The van der Waals surface area contributed by atoms with Crippen LogP contribution in [0.25, 0.3) is 0 Å². The summed E-state index contributed by atoms with van der Waals surface area (Å²) in [7, 11) is 1.05. The summed E-state index contributed by atoms with van der Waals surface area (Å²) in [5, 5.41) is 0. The quantitative estimate of drug-likeness (QED) is 0.655. The standard InChI is InChI=1S/C16H24BrN3O5S/c1-5-25-15-13(17)10-12(11-14(15)24-4)16(21)19-6-8-20(9-7-19)26(22,23)18(2)3/h10-11H,5-9H2,1-4H3. The number of piperazine rings is 1. The predicted octanol–water partition coefficient (Wildman–Crippen LogP) is 1.42. The van der Waals surface area contributed by atoms with Gasteiger partial charge < -0.3 is 14.4 Å².